The Morgan fingerprint density at radius 3 is 2.36 bits per heavy atom. The highest BCUT2D eigenvalue weighted by Gasteiger charge is 2.26. The van der Waals surface area contributed by atoms with Gasteiger partial charge in [-0.15, -0.1) is 0 Å². The molecule has 0 atom stereocenters. The van der Waals surface area contributed by atoms with Crippen LogP contribution in [-0.2, 0) is 9.53 Å². The molecule has 0 amide bonds. The van der Waals surface area contributed by atoms with Crippen LogP contribution in [0.4, 0.5) is 0 Å². The van der Waals surface area contributed by atoms with Gasteiger partial charge in [-0.2, -0.15) is 0 Å². The van der Waals surface area contributed by atoms with E-state index in [-0.39, 0.29) is 11.9 Å². The maximum atomic E-state index is 11.4. The lowest BCUT2D eigenvalue weighted by atomic mass is 9.80. The number of carbonyl (C=O) groups excluding carboxylic acids is 1. The molecule has 0 aromatic heterocycles. The van der Waals surface area contributed by atoms with Crippen molar-refractivity contribution in [2.75, 3.05) is 6.61 Å². The predicted molar refractivity (Wildman–Crippen MR) is 57.0 cm³/mol. The standard InChI is InChI=1S/C12H22O2/c1-3-5-10-6-8-11(9-7-10)12(13)14-4-2/h10-11H,3-9H2,1-2H3. The van der Waals surface area contributed by atoms with Crippen molar-refractivity contribution in [1.82, 2.24) is 0 Å². The third-order valence-corrected chi connectivity index (χ3v) is 3.16. The van der Waals surface area contributed by atoms with Gasteiger partial charge in [-0.3, -0.25) is 4.79 Å². The van der Waals surface area contributed by atoms with E-state index >= 15 is 0 Å². The van der Waals surface area contributed by atoms with Crippen molar-refractivity contribution in [2.24, 2.45) is 11.8 Å². The van der Waals surface area contributed by atoms with Crippen LogP contribution in [0.25, 0.3) is 0 Å². The zero-order chi connectivity index (χ0) is 10.4. The molecule has 1 aliphatic carbocycles. The Morgan fingerprint density at radius 1 is 1.21 bits per heavy atom. The molecule has 1 aliphatic rings. The molecule has 0 N–H and O–H groups in total. The van der Waals surface area contributed by atoms with Crippen molar-refractivity contribution in [3.63, 3.8) is 0 Å². The second-order valence-electron chi connectivity index (χ2n) is 4.26. The number of hydrogen-bond acceptors (Lipinski definition) is 2. The molecule has 2 nitrogen and oxygen atoms in total. The maximum Gasteiger partial charge on any atom is 0.308 e. The average molecular weight is 198 g/mol. The summed E-state index contributed by atoms with van der Waals surface area (Å²) in [5.74, 6) is 1.09. The fourth-order valence-corrected chi connectivity index (χ4v) is 2.36. The van der Waals surface area contributed by atoms with Gasteiger partial charge in [0.25, 0.3) is 0 Å². The molecule has 1 rings (SSSR count). The first-order valence-corrected chi connectivity index (χ1v) is 5.94. The van der Waals surface area contributed by atoms with Crippen LogP contribution in [0.15, 0.2) is 0 Å². The molecular formula is C12H22O2. The summed E-state index contributed by atoms with van der Waals surface area (Å²) in [7, 11) is 0. The van der Waals surface area contributed by atoms with Crippen LogP contribution in [0.2, 0.25) is 0 Å². The van der Waals surface area contributed by atoms with Gasteiger partial charge in [-0.25, -0.2) is 0 Å². The Labute approximate surface area is 87.0 Å². The Hall–Kier alpha value is -0.530. The van der Waals surface area contributed by atoms with Gasteiger partial charge in [-0.1, -0.05) is 19.8 Å². The average Bonchev–Trinajstić information content (AvgIpc) is 2.20. The van der Waals surface area contributed by atoms with E-state index in [4.69, 9.17) is 4.74 Å². The first-order valence-electron chi connectivity index (χ1n) is 5.94. The summed E-state index contributed by atoms with van der Waals surface area (Å²) in [5.41, 5.74) is 0. The fraction of sp³-hybridized carbons (Fsp3) is 0.917. The highest BCUT2D eigenvalue weighted by atomic mass is 16.5. The van der Waals surface area contributed by atoms with Crippen LogP contribution < -0.4 is 0 Å². The van der Waals surface area contributed by atoms with Crippen molar-refractivity contribution < 1.29 is 9.53 Å². The number of rotatable bonds is 4. The SMILES string of the molecule is CCCC1CCC(C(=O)OCC)CC1. The lowest BCUT2D eigenvalue weighted by molar-refractivity contribution is -0.149. The summed E-state index contributed by atoms with van der Waals surface area (Å²) in [5, 5.41) is 0. The molecule has 0 aromatic carbocycles. The Morgan fingerprint density at radius 2 is 1.86 bits per heavy atom. The van der Waals surface area contributed by atoms with Crippen molar-refractivity contribution >= 4 is 5.97 Å². The molecule has 14 heavy (non-hydrogen) atoms. The van der Waals surface area contributed by atoms with E-state index in [1.807, 2.05) is 6.92 Å². The zero-order valence-electron chi connectivity index (χ0n) is 9.42. The topological polar surface area (TPSA) is 26.3 Å². The lowest BCUT2D eigenvalue weighted by Crippen LogP contribution is -2.23. The third-order valence-electron chi connectivity index (χ3n) is 3.16. The summed E-state index contributed by atoms with van der Waals surface area (Å²) < 4.78 is 5.04. The van der Waals surface area contributed by atoms with E-state index in [9.17, 15) is 4.79 Å². The van der Waals surface area contributed by atoms with E-state index in [1.165, 1.54) is 25.7 Å². The second kappa shape index (κ2) is 6.05. The van der Waals surface area contributed by atoms with Crippen LogP contribution in [0, 0.1) is 11.8 Å². The largest absolute Gasteiger partial charge is 0.466 e. The van der Waals surface area contributed by atoms with Crippen molar-refractivity contribution in [3.05, 3.63) is 0 Å². The maximum absolute atomic E-state index is 11.4. The Balaban J connectivity index is 2.24. The first kappa shape index (κ1) is 11.5. The normalized spacial score (nSPS) is 27.3. The van der Waals surface area contributed by atoms with Gasteiger partial charge in [-0.05, 0) is 38.5 Å². The van der Waals surface area contributed by atoms with E-state index < -0.39 is 0 Å². The highest BCUT2D eigenvalue weighted by molar-refractivity contribution is 5.72. The van der Waals surface area contributed by atoms with E-state index in [2.05, 4.69) is 6.92 Å². The third kappa shape index (κ3) is 3.32. The quantitative estimate of drug-likeness (QED) is 0.649. The Bertz CT molecular complexity index is 169. The summed E-state index contributed by atoms with van der Waals surface area (Å²) in [4.78, 5) is 11.4. The van der Waals surface area contributed by atoms with Gasteiger partial charge in [0.05, 0.1) is 12.5 Å². The molecule has 0 spiro atoms. The summed E-state index contributed by atoms with van der Waals surface area (Å²) in [6, 6.07) is 0. The fourth-order valence-electron chi connectivity index (χ4n) is 2.36. The van der Waals surface area contributed by atoms with Crippen molar-refractivity contribution in [1.29, 1.82) is 0 Å². The highest BCUT2D eigenvalue weighted by Crippen LogP contribution is 2.31. The molecule has 0 unspecified atom stereocenters. The van der Waals surface area contributed by atoms with Crippen LogP contribution >= 0.6 is 0 Å². The van der Waals surface area contributed by atoms with Gasteiger partial charge in [0, 0.05) is 0 Å². The van der Waals surface area contributed by atoms with E-state index in [1.54, 1.807) is 0 Å². The number of ether oxygens (including phenoxy) is 1. The molecular weight excluding hydrogens is 176 g/mol. The van der Waals surface area contributed by atoms with E-state index in [0.717, 1.165) is 18.8 Å². The molecule has 0 aliphatic heterocycles. The zero-order valence-corrected chi connectivity index (χ0v) is 9.42. The molecule has 0 heterocycles. The monoisotopic (exact) mass is 198 g/mol. The van der Waals surface area contributed by atoms with Crippen LogP contribution in [0.3, 0.4) is 0 Å². The minimum Gasteiger partial charge on any atom is -0.466 e. The minimum absolute atomic E-state index is 0.0300. The van der Waals surface area contributed by atoms with Gasteiger partial charge >= 0.3 is 5.97 Å². The predicted octanol–water partition coefficient (Wildman–Crippen LogP) is 3.16. The van der Waals surface area contributed by atoms with Crippen molar-refractivity contribution in [2.45, 2.75) is 52.4 Å². The first-order chi connectivity index (χ1) is 6.77. The number of esters is 1. The van der Waals surface area contributed by atoms with Crippen LogP contribution in [0.1, 0.15) is 52.4 Å². The second-order valence-corrected chi connectivity index (χ2v) is 4.26. The smallest absolute Gasteiger partial charge is 0.308 e. The number of hydrogen-bond donors (Lipinski definition) is 0. The van der Waals surface area contributed by atoms with Gasteiger partial charge in [0.15, 0.2) is 0 Å². The molecule has 0 bridgehead atoms. The lowest BCUT2D eigenvalue weighted by Gasteiger charge is -2.26. The molecule has 82 valence electrons. The molecule has 1 saturated carbocycles. The molecule has 1 fully saturated rings. The molecule has 0 saturated heterocycles. The van der Waals surface area contributed by atoms with Gasteiger partial charge < -0.3 is 4.74 Å². The van der Waals surface area contributed by atoms with Crippen LogP contribution in [-0.4, -0.2) is 12.6 Å². The van der Waals surface area contributed by atoms with Gasteiger partial charge in [0.2, 0.25) is 0 Å². The summed E-state index contributed by atoms with van der Waals surface area (Å²) >= 11 is 0. The minimum atomic E-state index is 0.0300. The summed E-state index contributed by atoms with van der Waals surface area (Å²) in [6.07, 6.45) is 7.13. The van der Waals surface area contributed by atoms with E-state index in [0.29, 0.717) is 6.61 Å². The Kier molecular flexibility index (Phi) is 4.99. The molecule has 0 radical (unpaired) electrons. The van der Waals surface area contributed by atoms with Gasteiger partial charge in [0.1, 0.15) is 0 Å². The summed E-state index contributed by atoms with van der Waals surface area (Å²) in [6.45, 7) is 4.63. The molecule has 0 aromatic rings. The number of carbonyl (C=O) groups is 1. The van der Waals surface area contributed by atoms with Crippen molar-refractivity contribution in [3.8, 4) is 0 Å². The molecule has 2 heteroatoms. The van der Waals surface area contributed by atoms with Crippen LogP contribution in [0.5, 0.6) is 0 Å².